The number of carboxylic acids is 1. The van der Waals surface area contributed by atoms with Crippen LogP contribution >= 0.6 is 22.9 Å². The van der Waals surface area contributed by atoms with Gasteiger partial charge in [0.25, 0.3) is 0 Å². The molecule has 2 nitrogen and oxygen atoms in total. The van der Waals surface area contributed by atoms with E-state index in [0.717, 1.165) is 4.88 Å². The Morgan fingerprint density at radius 3 is 2.58 bits per heavy atom. The molecular weight excluding hydrogens is 287 g/mol. The van der Waals surface area contributed by atoms with Gasteiger partial charge in [-0.05, 0) is 36.6 Å². The number of thiophene rings is 1. The van der Waals surface area contributed by atoms with Crippen molar-refractivity contribution >= 4 is 28.9 Å². The lowest BCUT2D eigenvalue weighted by Gasteiger charge is -2.11. The van der Waals surface area contributed by atoms with Gasteiger partial charge in [0.2, 0.25) is 0 Å². The highest BCUT2D eigenvalue weighted by molar-refractivity contribution is 7.16. The molecule has 0 saturated carbocycles. The summed E-state index contributed by atoms with van der Waals surface area (Å²) in [5, 5.41) is 9.24. The fourth-order valence-electron chi connectivity index (χ4n) is 1.88. The van der Waals surface area contributed by atoms with E-state index in [-0.39, 0.29) is 12.2 Å². The van der Waals surface area contributed by atoms with Crippen LogP contribution in [0, 0.1) is 11.7 Å². The molecule has 100 valence electrons. The van der Waals surface area contributed by atoms with E-state index >= 15 is 0 Å². The predicted molar refractivity (Wildman–Crippen MR) is 74.3 cm³/mol. The Labute approximate surface area is 119 Å². The zero-order valence-electron chi connectivity index (χ0n) is 9.98. The summed E-state index contributed by atoms with van der Waals surface area (Å²) in [7, 11) is 0. The number of hydrogen-bond donors (Lipinski definition) is 1. The van der Waals surface area contributed by atoms with Gasteiger partial charge in [-0.3, -0.25) is 4.79 Å². The summed E-state index contributed by atoms with van der Waals surface area (Å²) >= 11 is 7.18. The Balaban J connectivity index is 2.13. The van der Waals surface area contributed by atoms with E-state index in [2.05, 4.69) is 0 Å². The standard InChI is InChI=1S/C14H12ClFO2S/c15-13-6-5-11(19-13)8-10(14(17)18)7-9-3-1-2-4-12(9)16/h1-6,10H,7-8H2,(H,17,18). The van der Waals surface area contributed by atoms with E-state index in [0.29, 0.717) is 16.3 Å². The van der Waals surface area contributed by atoms with Crippen molar-refractivity contribution < 1.29 is 14.3 Å². The third kappa shape index (κ3) is 3.78. The summed E-state index contributed by atoms with van der Waals surface area (Å²) < 4.78 is 14.2. The van der Waals surface area contributed by atoms with Crippen LogP contribution in [-0.4, -0.2) is 11.1 Å². The van der Waals surface area contributed by atoms with Crippen LogP contribution in [0.1, 0.15) is 10.4 Å². The smallest absolute Gasteiger partial charge is 0.307 e. The van der Waals surface area contributed by atoms with Gasteiger partial charge in [-0.2, -0.15) is 0 Å². The first kappa shape index (κ1) is 14.0. The van der Waals surface area contributed by atoms with Crippen LogP contribution < -0.4 is 0 Å². The molecule has 5 heteroatoms. The number of benzene rings is 1. The summed E-state index contributed by atoms with van der Waals surface area (Å²) in [5.74, 6) is -1.93. The van der Waals surface area contributed by atoms with Crippen LogP contribution in [0.5, 0.6) is 0 Å². The first-order valence-corrected chi connectivity index (χ1v) is 6.96. The number of carbonyl (C=O) groups is 1. The maximum atomic E-state index is 13.5. The normalized spacial score (nSPS) is 12.3. The van der Waals surface area contributed by atoms with Crippen molar-refractivity contribution in [1.29, 1.82) is 0 Å². The molecule has 1 aromatic carbocycles. The maximum Gasteiger partial charge on any atom is 0.307 e. The second-order valence-electron chi connectivity index (χ2n) is 4.24. The molecular formula is C14H12ClFO2S. The summed E-state index contributed by atoms with van der Waals surface area (Å²) in [5.41, 5.74) is 0.428. The van der Waals surface area contributed by atoms with E-state index in [9.17, 15) is 14.3 Å². The molecule has 0 aliphatic heterocycles. The summed E-state index contributed by atoms with van der Waals surface area (Å²) in [4.78, 5) is 12.2. The first-order valence-electron chi connectivity index (χ1n) is 5.76. The maximum absolute atomic E-state index is 13.5. The van der Waals surface area contributed by atoms with Gasteiger partial charge in [0.05, 0.1) is 10.3 Å². The van der Waals surface area contributed by atoms with Crippen molar-refractivity contribution in [2.75, 3.05) is 0 Å². The van der Waals surface area contributed by atoms with E-state index in [4.69, 9.17) is 11.6 Å². The van der Waals surface area contributed by atoms with Crippen LogP contribution in [0.2, 0.25) is 4.34 Å². The second-order valence-corrected chi connectivity index (χ2v) is 6.04. The van der Waals surface area contributed by atoms with Crippen molar-refractivity contribution in [3.05, 3.63) is 57.0 Å². The Morgan fingerprint density at radius 1 is 1.26 bits per heavy atom. The molecule has 2 aromatic rings. The predicted octanol–water partition coefficient (Wildman–Crippen LogP) is 4.03. The Bertz CT molecular complexity index is 582. The molecule has 1 unspecified atom stereocenters. The molecule has 2 rings (SSSR count). The van der Waals surface area contributed by atoms with Gasteiger partial charge >= 0.3 is 5.97 Å². The minimum Gasteiger partial charge on any atom is -0.481 e. The summed E-state index contributed by atoms with van der Waals surface area (Å²) in [6, 6.07) is 9.81. The average Bonchev–Trinajstić information content (AvgIpc) is 2.76. The minimum absolute atomic E-state index is 0.178. The molecule has 1 N–H and O–H groups in total. The molecule has 0 saturated heterocycles. The van der Waals surface area contributed by atoms with Gasteiger partial charge < -0.3 is 5.11 Å². The van der Waals surface area contributed by atoms with Gasteiger partial charge in [0, 0.05) is 4.88 Å². The monoisotopic (exact) mass is 298 g/mol. The molecule has 0 aliphatic carbocycles. The number of carboxylic acid groups (broad SMARTS) is 1. The number of rotatable bonds is 5. The highest BCUT2D eigenvalue weighted by Crippen LogP contribution is 2.25. The highest BCUT2D eigenvalue weighted by atomic mass is 35.5. The SMILES string of the molecule is O=C(O)C(Cc1ccc(Cl)s1)Cc1ccccc1F. The Kier molecular flexibility index (Phi) is 4.56. The largest absolute Gasteiger partial charge is 0.481 e. The average molecular weight is 299 g/mol. The van der Waals surface area contributed by atoms with Crippen LogP contribution in [0.15, 0.2) is 36.4 Å². The highest BCUT2D eigenvalue weighted by Gasteiger charge is 2.20. The quantitative estimate of drug-likeness (QED) is 0.905. The topological polar surface area (TPSA) is 37.3 Å². The number of hydrogen-bond acceptors (Lipinski definition) is 2. The van der Waals surface area contributed by atoms with E-state index in [1.807, 2.05) is 6.07 Å². The lowest BCUT2D eigenvalue weighted by Crippen LogP contribution is -2.19. The van der Waals surface area contributed by atoms with Gasteiger partial charge in [-0.25, -0.2) is 4.39 Å². The fraction of sp³-hybridized carbons (Fsp3) is 0.214. The molecule has 1 atom stereocenters. The molecule has 0 spiro atoms. The van der Waals surface area contributed by atoms with Gasteiger partial charge in [-0.1, -0.05) is 29.8 Å². The van der Waals surface area contributed by atoms with Crippen molar-refractivity contribution in [3.8, 4) is 0 Å². The fourth-order valence-corrected chi connectivity index (χ4v) is 3.05. The third-order valence-electron chi connectivity index (χ3n) is 2.85. The molecule has 0 aliphatic rings. The number of halogens is 2. The molecule has 0 fully saturated rings. The lowest BCUT2D eigenvalue weighted by molar-refractivity contribution is -0.141. The summed E-state index contributed by atoms with van der Waals surface area (Å²) in [6.07, 6.45) is 0.540. The van der Waals surface area contributed by atoms with Crippen LogP contribution in [-0.2, 0) is 17.6 Å². The first-order chi connectivity index (χ1) is 9.06. The van der Waals surface area contributed by atoms with E-state index in [1.165, 1.54) is 17.4 Å². The Hall–Kier alpha value is -1.39. The van der Waals surface area contributed by atoms with Crippen molar-refractivity contribution in [2.45, 2.75) is 12.8 Å². The van der Waals surface area contributed by atoms with Gasteiger partial charge in [0.1, 0.15) is 5.82 Å². The molecule has 19 heavy (non-hydrogen) atoms. The van der Waals surface area contributed by atoms with Crippen LogP contribution in [0.3, 0.4) is 0 Å². The van der Waals surface area contributed by atoms with E-state index < -0.39 is 11.9 Å². The van der Waals surface area contributed by atoms with Gasteiger partial charge in [0.15, 0.2) is 0 Å². The van der Waals surface area contributed by atoms with Crippen LogP contribution in [0.4, 0.5) is 4.39 Å². The van der Waals surface area contributed by atoms with Crippen molar-refractivity contribution in [1.82, 2.24) is 0 Å². The second kappa shape index (κ2) is 6.17. The third-order valence-corrected chi connectivity index (χ3v) is 4.10. The van der Waals surface area contributed by atoms with Crippen molar-refractivity contribution in [3.63, 3.8) is 0 Å². The van der Waals surface area contributed by atoms with E-state index in [1.54, 1.807) is 24.3 Å². The Morgan fingerprint density at radius 2 is 2.00 bits per heavy atom. The van der Waals surface area contributed by atoms with Gasteiger partial charge in [-0.15, -0.1) is 11.3 Å². The number of aliphatic carboxylic acids is 1. The molecule has 1 aromatic heterocycles. The molecule has 0 radical (unpaired) electrons. The molecule has 0 bridgehead atoms. The lowest BCUT2D eigenvalue weighted by atomic mass is 9.95. The van der Waals surface area contributed by atoms with Crippen LogP contribution in [0.25, 0.3) is 0 Å². The summed E-state index contributed by atoms with van der Waals surface area (Å²) in [6.45, 7) is 0. The molecule has 1 heterocycles. The zero-order chi connectivity index (χ0) is 13.8. The van der Waals surface area contributed by atoms with Crippen molar-refractivity contribution in [2.24, 2.45) is 5.92 Å². The molecule has 0 amide bonds. The minimum atomic E-state index is -0.923. The zero-order valence-corrected chi connectivity index (χ0v) is 11.5.